The predicted molar refractivity (Wildman–Crippen MR) is 74.0 cm³/mol. The predicted octanol–water partition coefficient (Wildman–Crippen LogP) is -0.685. The lowest BCUT2D eigenvalue weighted by atomic mass is 9.88. The first-order chi connectivity index (χ1) is 10.4. The molecule has 0 aromatic heterocycles. The van der Waals surface area contributed by atoms with Gasteiger partial charge < -0.3 is 25.3 Å². The molecule has 1 fully saturated rings. The van der Waals surface area contributed by atoms with Crippen LogP contribution in [0.15, 0.2) is 29.4 Å². The highest BCUT2D eigenvalue weighted by Crippen LogP contribution is 2.19. The van der Waals surface area contributed by atoms with Crippen LogP contribution >= 0.6 is 0 Å². The van der Waals surface area contributed by atoms with E-state index in [1.165, 1.54) is 24.3 Å². The van der Waals surface area contributed by atoms with Gasteiger partial charge in [0.1, 0.15) is 24.9 Å². The minimum absolute atomic E-state index is 0.00293. The summed E-state index contributed by atoms with van der Waals surface area (Å²) in [6.07, 6.45) is -5.76. The summed E-state index contributed by atoms with van der Waals surface area (Å²) >= 11 is 0. The molecule has 0 heterocycles. The zero-order valence-corrected chi connectivity index (χ0v) is 11.4. The van der Waals surface area contributed by atoms with E-state index in [1.807, 2.05) is 0 Å². The maximum atomic E-state index is 10.5. The Morgan fingerprint density at radius 2 is 1.82 bits per heavy atom. The van der Waals surface area contributed by atoms with Gasteiger partial charge in [-0.1, -0.05) is 5.16 Å². The molecule has 4 N–H and O–H groups in total. The second-order valence-electron chi connectivity index (χ2n) is 4.98. The van der Waals surface area contributed by atoms with Crippen molar-refractivity contribution < 1.29 is 30.2 Å². The molecule has 1 aliphatic carbocycles. The van der Waals surface area contributed by atoms with Crippen LogP contribution in [-0.2, 0) is 11.4 Å². The van der Waals surface area contributed by atoms with Crippen LogP contribution in [0.5, 0.6) is 0 Å². The smallest absolute Gasteiger partial charge is 0.269 e. The van der Waals surface area contributed by atoms with E-state index >= 15 is 0 Å². The standard InChI is InChI=1S/C13H16N2O7/c16-10-5-9(11(17)13(19)12(10)18)14-22-6-7-1-3-8(4-2-7)15(20)21/h1-4,10-13,16-19H,5-6H2/b14-9+/t10-,11-,12+,13+/m1/s1. The van der Waals surface area contributed by atoms with E-state index in [9.17, 15) is 30.5 Å². The Kier molecular flexibility index (Phi) is 5.03. The molecule has 1 aromatic rings. The Bertz CT molecular complexity index is 560. The van der Waals surface area contributed by atoms with E-state index in [-0.39, 0.29) is 24.4 Å². The second-order valence-corrected chi connectivity index (χ2v) is 4.98. The van der Waals surface area contributed by atoms with Crippen molar-refractivity contribution in [1.29, 1.82) is 0 Å². The minimum Gasteiger partial charge on any atom is -0.391 e. The fourth-order valence-electron chi connectivity index (χ4n) is 2.06. The summed E-state index contributed by atoms with van der Waals surface area (Å²) in [6, 6.07) is 5.66. The zero-order valence-electron chi connectivity index (χ0n) is 11.4. The molecule has 9 nitrogen and oxygen atoms in total. The number of aliphatic hydroxyl groups excluding tert-OH is 4. The van der Waals surface area contributed by atoms with Crippen LogP contribution in [0.3, 0.4) is 0 Å². The maximum Gasteiger partial charge on any atom is 0.269 e. The van der Waals surface area contributed by atoms with Gasteiger partial charge in [-0.3, -0.25) is 10.1 Å². The summed E-state index contributed by atoms with van der Waals surface area (Å²) in [5.74, 6) is 0. The Morgan fingerprint density at radius 3 is 2.41 bits per heavy atom. The molecule has 9 heteroatoms. The van der Waals surface area contributed by atoms with Gasteiger partial charge in [-0.05, 0) is 17.7 Å². The van der Waals surface area contributed by atoms with Crippen molar-refractivity contribution in [2.24, 2.45) is 5.16 Å². The summed E-state index contributed by atoms with van der Waals surface area (Å²) in [4.78, 5) is 15.0. The number of hydrogen-bond acceptors (Lipinski definition) is 8. The number of benzene rings is 1. The largest absolute Gasteiger partial charge is 0.391 e. The first kappa shape index (κ1) is 16.3. The van der Waals surface area contributed by atoms with Gasteiger partial charge in [-0.25, -0.2) is 0 Å². The van der Waals surface area contributed by atoms with Crippen LogP contribution in [-0.4, -0.2) is 55.5 Å². The molecule has 120 valence electrons. The molecule has 2 rings (SSSR count). The van der Waals surface area contributed by atoms with Gasteiger partial charge in [0.05, 0.1) is 16.7 Å². The average molecular weight is 312 g/mol. The Hall–Kier alpha value is -2.07. The number of rotatable bonds is 4. The Morgan fingerprint density at radius 1 is 1.18 bits per heavy atom. The molecule has 1 aromatic carbocycles. The molecule has 0 radical (unpaired) electrons. The maximum absolute atomic E-state index is 10.5. The summed E-state index contributed by atoms with van der Waals surface area (Å²) in [5, 5.41) is 52.3. The van der Waals surface area contributed by atoms with Crippen LogP contribution in [0.4, 0.5) is 5.69 Å². The van der Waals surface area contributed by atoms with Crippen LogP contribution in [0, 0.1) is 10.1 Å². The van der Waals surface area contributed by atoms with E-state index in [0.29, 0.717) is 5.56 Å². The molecule has 0 bridgehead atoms. The van der Waals surface area contributed by atoms with Gasteiger partial charge in [0, 0.05) is 18.6 Å². The second kappa shape index (κ2) is 6.79. The highest BCUT2D eigenvalue weighted by atomic mass is 16.6. The molecule has 1 saturated carbocycles. The van der Waals surface area contributed by atoms with E-state index < -0.39 is 29.3 Å². The lowest BCUT2D eigenvalue weighted by molar-refractivity contribution is -0.384. The zero-order chi connectivity index (χ0) is 16.3. The van der Waals surface area contributed by atoms with E-state index in [4.69, 9.17) is 4.84 Å². The number of hydrogen-bond donors (Lipinski definition) is 4. The van der Waals surface area contributed by atoms with E-state index in [0.717, 1.165) is 0 Å². The molecule has 0 aliphatic heterocycles. The summed E-state index contributed by atoms with van der Waals surface area (Å²) < 4.78 is 0. The fourth-order valence-corrected chi connectivity index (χ4v) is 2.06. The molecule has 0 spiro atoms. The van der Waals surface area contributed by atoms with Gasteiger partial charge in [0.2, 0.25) is 0 Å². The molecular formula is C13H16N2O7. The summed E-state index contributed by atoms with van der Waals surface area (Å²) in [6.45, 7) is 0.00293. The van der Waals surface area contributed by atoms with Crippen molar-refractivity contribution in [1.82, 2.24) is 0 Å². The summed E-state index contributed by atoms with van der Waals surface area (Å²) in [7, 11) is 0. The highest BCUT2D eigenvalue weighted by Gasteiger charge is 2.40. The third kappa shape index (κ3) is 3.57. The topological polar surface area (TPSA) is 146 Å². The van der Waals surface area contributed by atoms with Crippen molar-refractivity contribution in [2.45, 2.75) is 37.4 Å². The Labute approximate surface area is 125 Å². The molecule has 1 aliphatic rings. The number of non-ortho nitro benzene ring substituents is 1. The third-order valence-corrected chi connectivity index (χ3v) is 3.39. The van der Waals surface area contributed by atoms with Crippen LogP contribution in [0.25, 0.3) is 0 Å². The third-order valence-electron chi connectivity index (χ3n) is 3.39. The monoisotopic (exact) mass is 312 g/mol. The van der Waals surface area contributed by atoms with Gasteiger partial charge in [0.15, 0.2) is 0 Å². The quantitative estimate of drug-likeness (QED) is 0.425. The number of oxime groups is 1. The molecule has 4 atom stereocenters. The lowest BCUT2D eigenvalue weighted by Gasteiger charge is -2.32. The van der Waals surface area contributed by atoms with Crippen molar-refractivity contribution in [3.8, 4) is 0 Å². The van der Waals surface area contributed by atoms with Gasteiger partial charge >= 0.3 is 0 Å². The van der Waals surface area contributed by atoms with Crippen LogP contribution < -0.4 is 0 Å². The SMILES string of the molecule is O=[N+]([O-])c1ccc(CO/N=C2\C[C@@H](O)[C@H](O)[C@@H](O)[C@@H]2O)cc1. The number of nitro benzene ring substituents is 1. The molecule has 0 unspecified atom stereocenters. The van der Waals surface area contributed by atoms with Crippen LogP contribution in [0.1, 0.15) is 12.0 Å². The summed E-state index contributed by atoms with van der Waals surface area (Å²) in [5.41, 5.74) is 0.603. The van der Waals surface area contributed by atoms with Crippen LogP contribution in [0.2, 0.25) is 0 Å². The minimum atomic E-state index is -1.54. The van der Waals surface area contributed by atoms with E-state index in [1.54, 1.807) is 0 Å². The number of nitrogens with zero attached hydrogens (tertiary/aromatic N) is 2. The Balaban J connectivity index is 1.95. The van der Waals surface area contributed by atoms with Crippen molar-refractivity contribution in [3.63, 3.8) is 0 Å². The van der Waals surface area contributed by atoms with Gasteiger partial charge in [-0.15, -0.1) is 0 Å². The van der Waals surface area contributed by atoms with Gasteiger partial charge in [0.25, 0.3) is 5.69 Å². The fraction of sp³-hybridized carbons (Fsp3) is 0.462. The highest BCUT2D eigenvalue weighted by molar-refractivity contribution is 5.90. The van der Waals surface area contributed by atoms with Crippen molar-refractivity contribution in [3.05, 3.63) is 39.9 Å². The molecule has 22 heavy (non-hydrogen) atoms. The number of aliphatic hydroxyl groups is 4. The first-order valence-electron chi connectivity index (χ1n) is 6.54. The lowest BCUT2D eigenvalue weighted by Crippen LogP contribution is -2.54. The van der Waals surface area contributed by atoms with Gasteiger partial charge in [-0.2, -0.15) is 0 Å². The molecular weight excluding hydrogens is 296 g/mol. The first-order valence-corrected chi connectivity index (χ1v) is 6.54. The normalized spacial score (nSPS) is 30.3. The molecule has 0 saturated heterocycles. The van der Waals surface area contributed by atoms with E-state index in [2.05, 4.69) is 5.16 Å². The molecule has 0 amide bonds. The van der Waals surface area contributed by atoms with Crippen molar-refractivity contribution in [2.75, 3.05) is 0 Å². The average Bonchev–Trinajstić information content (AvgIpc) is 2.50. The number of nitro groups is 1. The van der Waals surface area contributed by atoms with Crippen molar-refractivity contribution >= 4 is 11.4 Å².